The number of likely N-dealkylation sites (tertiary alicyclic amines) is 1. The molecule has 4 atom stereocenters. The minimum Gasteiger partial charge on any atom is -0.384 e. The maximum atomic E-state index is 13.5. The number of anilines is 1. The largest absolute Gasteiger partial charge is 0.384 e. The van der Waals surface area contributed by atoms with Gasteiger partial charge in [-0.2, -0.15) is 0 Å². The molecule has 1 unspecified atom stereocenters. The number of rotatable bonds is 6. The van der Waals surface area contributed by atoms with Gasteiger partial charge in [0.2, 0.25) is 11.8 Å². The van der Waals surface area contributed by atoms with Crippen LogP contribution in [-0.4, -0.2) is 46.9 Å². The number of carbonyl (C=O) groups excluding carboxylic acids is 2. The first kappa shape index (κ1) is 24.6. The number of hydrogen-bond acceptors (Lipinski definition) is 5. The van der Waals surface area contributed by atoms with Crippen molar-refractivity contribution in [3.63, 3.8) is 0 Å². The van der Waals surface area contributed by atoms with E-state index in [1.807, 2.05) is 12.1 Å². The van der Waals surface area contributed by atoms with E-state index in [4.69, 9.17) is 5.73 Å². The first-order valence-electron chi connectivity index (χ1n) is 13.8. The Bertz CT molecular complexity index is 1310. The molecule has 4 N–H and O–H groups in total. The first-order chi connectivity index (χ1) is 18.5. The smallest absolute Gasteiger partial charge is 0.243 e. The van der Waals surface area contributed by atoms with Crippen molar-refractivity contribution in [2.24, 2.45) is 5.92 Å². The van der Waals surface area contributed by atoms with Crippen LogP contribution in [0.25, 0.3) is 11.1 Å². The lowest BCUT2D eigenvalue weighted by Gasteiger charge is -2.28. The Morgan fingerprint density at radius 1 is 1.00 bits per heavy atom. The molecule has 3 aromatic rings. The van der Waals surface area contributed by atoms with E-state index < -0.39 is 6.04 Å². The van der Waals surface area contributed by atoms with E-state index in [-0.39, 0.29) is 23.9 Å². The van der Waals surface area contributed by atoms with Gasteiger partial charge in [0.15, 0.2) is 0 Å². The van der Waals surface area contributed by atoms with E-state index in [2.05, 4.69) is 64.1 Å². The van der Waals surface area contributed by atoms with Gasteiger partial charge in [0, 0.05) is 12.2 Å². The number of fused-ring (bicyclic) bond motifs is 1. The standard InChI is InChI=1S/C31H35N5O2/c32-29-15-12-24-25(34-29)13-14-26(24)35-30(37)28-7-4-16-36(28)31(38)27-18-21(19-33-27)17-20-8-10-23(11-9-20)22-5-2-1-3-6-22/h1-3,5-6,8-12,15,21,26-28,33H,4,7,13-14,16-19H2,(H2,32,34)(H,35,37)/t21-,26?,27+,28-/m0/s1. The summed E-state index contributed by atoms with van der Waals surface area (Å²) in [5, 5.41) is 6.64. The van der Waals surface area contributed by atoms with Crippen molar-refractivity contribution in [3.8, 4) is 11.1 Å². The quantitative estimate of drug-likeness (QED) is 0.471. The van der Waals surface area contributed by atoms with Crippen LogP contribution in [0.15, 0.2) is 66.7 Å². The fourth-order valence-electron chi connectivity index (χ4n) is 6.35. The van der Waals surface area contributed by atoms with Gasteiger partial charge in [-0.1, -0.05) is 60.7 Å². The van der Waals surface area contributed by atoms with E-state index in [0.717, 1.165) is 49.9 Å². The Hall–Kier alpha value is -3.71. The summed E-state index contributed by atoms with van der Waals surface area (Å²) in [6.07, 6.45) is 4.92. The topological polar surface area (TPSA) is 100 Å². The first-order valence-corrected chi connectivity index (χ1v) is 13.8. The Morgan fingerprint density at radius 2 is 1.79 bits per heavy atom. The number of nitrogens with zero attached hydrogens (tertiary/aromatic N) is 2. The minimum atomic E-state index is -0.403. The molecule has 7 heteroatoms. The number of aromatic nitrogens is 1. The molecular formula is C31H35N5O2. The number of aryl methyl sites for hydroxylation is 1. The second-order valence-corrected chi connectivity index (χ2v) is 10.9. The molecule has 0 saturated carbocycles. The Labute approximate surface area is 223 Å². The van der Waals surface area contributed by atoms with E-state index >= 15 is 0 Å². The van der Waals surface area contributed by atoms with Crippen LogP contribution < -0.4 is 16.4 Å². The molecule has 1 aliphatic carbocycles. The van der Waals surface area contributed by atoms with Crippen molar-refractivity contribution in [3.05, 3.63) is 83.6 Å². The predicted octanol–water partition coefficient (Wildman–Crippen LogP) is 3.65. The van der Waals surface area contributed by atoms with Crippen LogP contribution >= 0.6 is 0 Å². The van der Waals surface area contributed by atoms with Gasteiger partial charge < -0.3 is 21.3 Å². The van der Waals surface area contributed by atoms with Crippen molar-refractivity contribution < 1.29 is 9.59 Å². The molecule has 3 aliphatic rings. The minimum absolute atomic E-state index is 0.0569. The van der Waals surface area contributed by atoms with Crippen LogP contribution in [0.3, 0.4) is 0 Å². The molecule has 3 heterocycles. The van der Waals surface area contributed by atoms with E-state index in [0.29, 0.717) is 24.7 Å². The second kappa shape index (κ2) is 10.6. The third-order valence-electron chi connectivity index (χ3n) is 8.34. The molecule has 2 saturated heterocycles. The molecular weight excluding hydrogens is 474 g/mol. The van der Waals surface area contributed by atoms with Crippen molar-refractivity contribution >= 4 is 17.6 Å². The molecule has 0 spiro atoms. The summed E-state index contributed by atoms with van der Waals surface area (Å²) in [7, 11) is 0. The SMILES string of the molecule is Nc1ccc2c(n1)CCC2NC(=O)[C@@H]1CCCN1C(=O)[C@H]1C[C@H](Cc2ccc(-c3ccccc3)cc2)CN1. The highest BCUT2D eigenvalue weighted by molar-refractivity contribution is 5.90. The molecule has 6 rings (SSSR count). The molecule has 196 valence electrons. The van der Waals surface area contributed by atoms with Crippen molar-refractivity contribution in [2.45, 2.75) is 56.7 Å². The average molecular weight is 510 g/mol. The van der Waals surface area contributed by atoms with Gasteiger partial charge in [-0.3, -0.25) is 9.59 Å². The van der Waals surface area contributed by atoms with Crippen molar-refractivity contribution in [1.82, 2.24) is 20.5 Å². The summed E-state index contributed by atoms with van der Waals surface area (Å²) in [6, 6.07) is 22.2. The molecule has 0 bridgehead atoms. The van der Waals surface area contributed by atoms with Crippen LogP contribution in [0, 0.1) is 5.92 Å². The summed E-state index contributed by atoms with van der Waals surface area (Å²) in [5.74, 6) is 0.913. The molecule has 2 amide bonds. The number of nitrogen functional groups attached to an aromatic ring is 1. The summed E-state index contributed by atoms with van der Waals surface area (Å²) in [6.45, 7) is 1.45. The highest BCUT2D eigenvalue weighted by atomic mass is 16.2. The number of nitrogens with two attached hydrogens (primary N) is 1. The fourth-order valence-corrected chi connectivity index (χ4v) is 6.35. The van der Waals surface area contributed by atoms with Crippen LogP contribution in [0.2, 0.25) is 0 Å². The number of amides is 2. The lowest BCUT2D eigenvalue weighted by Crippen LogP contribution is -2.51. The average Bonchev–Trinajstić information content (AvgIpc) is 3.70. The van der Waals surface area contributed by atoms with Crippen LogP contribution in [0.4, 0.5) is 5.82 Å². The number of hydrogen-bond donors (Lipinski definition) is 3. The zero-order valence-electron chi connectivity index (χ0n) is 21.6. The zero-order valence-corrected chi connectivity index (χ0v) is 21.6. The third kappa shape index (κ3) is 5.03. The molecule has 1 aromatic heterocycles. The summed E-state index contributed by atoms with van der Waals surface area (Å²) >= 11 is 0. The Balaban J connectivity index is 1.04. The molecule has 7 nitrogen and oxygen atoms in total. The van der Waals surface area contributed by atoms with Gasteiger partial charge in [-0.05, 0) is 79.3 Å². The number of pyridine rings is 1. The summed E-state index contributed by atoms with van der Waals surface area (Å²) in [5.41, 5.74) is 11.5. The normalized spacial score (nSPS) is 24.4. The number of benzene rings is 2. The van der Waals surface area contributed by atoms with Crippen molar-refractivity contribution in [2.75, 3.05) is 18.8 Å². The van der Waals surface area contributed by atoms with Gasteiger partial charge >= 0.3 is 0 Å². The van der Waals surface area contributed by atoms with Crippen LogP contribution in [-0.2, 0) is 22.4 Å². The van der Waals surface area contributed by atoms with E-state index in [1.165, 1.54) is 16.7 Å². The molecule has 0 radical (unpaired) electrons. The van der Waals surface area contributed by atoms with E-state index in [1.54, 1.807) is 11.0 Å². The lowest BCUT2D eigenvalue weighted by atomic mass is 9.95. The van der Waals surface area contributed by atoms with Gasteiger partial charge in [0.25, 0.3) is 0 Å². The highest BCUT2D eigenvalue weighted by Crippen LogP contribution is 2.32. The predicted molar refractivity (Wildman–Crippen MR) is 148 cm³/mol. The van der Waals surface area contributed by atoms with Gasteiger partial charge in [-0.25, -0.2) is 4.98 Å². The Morgan fingerprint density at radius 3 is 2.61 bits per heavy atom. The number of carbonyl (C=O) groups is 2. The maximum absolute atomic E-state index is 13.5. The highest BCUT2D eigenvalue weighted by Gasteiger charge is 2.40. The fraction of sp³-hybridized carbons (Fsp3) is 0.387. The summed E-state index contributed by atoms with van der Waals surface area (Å²) < 4.78 is 0. The zero-order chi connectivity index (χ0) is 26.1. The van der Waals surface area contributed by atoms with E-state index in [9.17, 15) is 9.59 Å². The van der Waals surface area contributed by atoms with Crippen LogP contribution in [0.5, 0.6) is 0 Å². The van der Waals surface area contributed by atoms with Crippen LogP contribution in [0.1, 0.15) is 48.5 Å². The Kier molecular flexibility index (Phi) is 6.85. The van der Waals surface area contributed by atoms with Crippen molar-refractivity contribution in [1.29, 1.82) is 0 Å². The molecule has 2 aromatic carbocycles. The number of nitrogens with one attached hydrogen (secondary N) is 2. The van der Waals surface area contributed by atoms with Gasteiger partial charge in [-0.15, -0.1) is 0 Å². The molecule has 2 fully saturated rings. The second-order valence-electron chi connectivity index (χ2n) is 10.9. The van der Waals surface area contributed by atoms with Gasteiger partial charge in [0.05, 0.1) is 12.1 Å². The maximum Gasteiger partial charge on any atom is 0.243 e. The molecule has 2 aliphatic heterocycles. The van der Waals surface area contributed by atoms with Gasteiger partial charge in [0.1, 0.15) is 11.9 Å². The lowest BCUT2D eigenvalue weighted by molar-refractivity contribution is -0.140. The summed E-state index contributed by atoms with van der Waals surface area (Å²) in [4.78, 5) is 33.0. The monoisotopic (exact) mass is 509 g/mol. The third-order valence-corrected chi connectivity index (χ3v) is 8.34. The molecule has 38 heavy (non-hydrogen) atoms.